The van der Waals surface area contributed by atoms with Crippen molar-refractivity contribution < 1.29 is 29.6 Å². The SMILES string of the molecule is CN(C[C@H](Cc1ccccc1)N(C[C@H](Cc1cccc2ccccc12)N(CCc1ccccc1)N=O)N=O)N=O.[Na+]. The van der Waals surface area contributed by atoms with Gasteiger partial charge in [-0.25, -0.2) is 0 Å². The zero-order valence-electron chi connectivity index (χ0n) is 23.6. The van der Waals surface area contributed by atoms with Crippen molar-refractivity contribution in [1.82, 2.24) is 15.0 Å². The normalized spacial score (nSPS) is 12.0. The Balaban J connectivity index is 0.00000462. The molecular formula is C31H34N6NaO3+. The summed E-state index contributed by atoms with van der Waals surface area (Å²) in [6, 6.07) is 32.9. The first-order chi connectivity index (χ1) is 19.6. The van der Waals surface area contributed by atoms with E-state index in [0.29, 0.717) is 25.8 Å². The van der Waals surface area contributed by atoms with Crippen LogP contribution in [0.5, 0.6) is 0 Å². The second-order valence-electron chi connectivity index (χ2n) is 9.95. The molecule has 0 heterocycles. The molecule has 4 rings (SSSR count). The van der Waals surface area contributed by atoms with E-state index in [1.807, 2.05) is 84.9 Å². The summed E-state index contributed by atoms with van der Waals surface area (Å²) in [5, 5.41) is 16.2. The van der Waals surface area contributed by atoms with Crippen LogP contribution in [0.25, 0.3) is 10.8 Å². The zero-order chi connectivity index (χ0) is 28.2. The molecule has 0 spiro atoms. The Morgan fingerprint density at radius 1 is 0.610 bits per heavy atom. The van der Waals surface area contributed by atoms with Crippen LogP contribution in [-0.4, -0.2) is 53.8 Å². The predicted octanol–water partition coefficient (Wildman–Crippen LogP) is 3.19. The Kier molecular flexibility index (Phi) is 12.9. The van der Waals surface area contributed by atoms with Crippen molar-refractivity contribution in [2.45, 2.75) is 31.3 Å². The fourth-order valence-corrected chi connectivity index (χ4v) is 5.12. The van der Waals surface area contributed by atoms with Gasteiger partial charge in [-0.3, -0.25) is 15.0 Å². The molecule has 0 bridgehead atoms. The van der Waals surface area contributed by atoms with Gasteiger partial charge in [0.15, 0.2) is 0 Å². The van der Waals surface area contributed by atoms with E-state index in [-0.39, 0.29) is 42.6 Å². The van der Waals surface area contributed by atoms with Crippen LogP contribution in [0.2, 0.25) is 0 Å². The van der Waals surface area contributed by atoms with Crippen LogP contribution < -0.4 is 29.6 Å². The number of rotatable bonds is 16. The molecule has 0 aliphatic carbocycles. The molecule has 206 valence electrons. The molecule has 0 radical (unpaired) electrons. The summed E-state index contributed by atoms with van der Waals surface area (Å²) in [7, 11) is 1.57. The summed E-state index contributed by atoms with van der Waals surface area (Å²) in [5.41, 5.74) is 3.14. The first-order valence-electron chi connectivity index (χ1n) is 13.4. The van der Waals surface area contributed by atoms with Crippen molar-refractivity contribution in [1.29, 1.82) is 0 Å². The van der Waals surface area contributed by atoms with Crippen molar-refractivity contribution in [2.24, 2.45) is 15.9 Å². The van der Waals surface area contributed by atoms with E-state index in [9.17, 15) is 14.7 Å². The van der Waals surface area contributed by atoms with Gasteiger partial charge in [-0.1, -0.05) is 103 Å². The second-order valence-corrected chi connectivity index (χ2v) is 9.95. The molecule has 9 nitrogen and oxygen atoms in total. The molecule has 0 amide bonds. The Morgan fingerprint density at radius 2 is 1.20 bits per heavy atom. The van der Waals surface area contributed by atoms with E-state index in [1.54, 1.807) is 7.05 Å². The molecule has 0 fully saturated rings. The average Bonchev–Trinajstić information content (AvgIpc) is 3.00. The van der Waals surface area contributed by atoms with E-state index in [0.717, 1.165) is 27.5 Å². The second kappa shape index (κ2) is 16.6. The molecule has 0 aromatic heterocycles. The van der Waals surface area contributed by atoms with Crippen LogP contribution in [-0.2, 0) is 19.3 Å². The van der Waals surface area contributed by atoms with E-state index >= 15 is 0 Å². The zero-order valence-corrected chi connectivity index (χ0v) is 25.6. The quantitative estimate of drug-likeness (QED) is 0.118. The molecule has 2 atom stereocenters. The first kappa shape index (κ1) is 31.9. The Hall–Kier alpha value is -3.66. The fraction of sp³-hybridized carbons (Fsp3) is 0.290. The van der Waals surface area contributed by atoms with E-state index in [2.05, 4.69) is 34.1 Å². The van der Waals surface area contributed by atoms with E-state index in [1.165, 1.54) is 15.0 Å². The number of nitroso groups, excluding NO2 is 3. The van der Waals surface area contributed by atoms with Crippen molar-refractivity contribution in [2.75, 3.05) is 26.7 Å². The van der Waals surface area contributed by atoms with Gasteiger partial charge in [0, 0.05) is 13.6 Å². The topological polar surface area (TPSA) is 98.0 Å². The number of likely N-dealkylation sites (N-methyl/N-ethyl adjacent to an activating group) is 1. The minimum Gasteiger partial charge on any atom is -0.262 e. The molecule has 0 N–H and O–H groups in total. The van der Waals surface area contributed by atoms with Crippen LogP contribution in [0, 0.1) is 14.7 Å². The molecule has 0 saturated heterocycles. The molecule has 4 aromatic carbocycles. The maximum absolute atomic E-state index is 12.3. The summed E-state index contributed by atoms with van der Waals surface area (Å²) in [4.78, 5) is 35.8. The molecule has 0 aliphatic rings. The standard InChI is InChI=1S/C31H34N6O3.Na/c1-35(32-38)23-29(21-26-13-6-3-7-14-26)37(34-40)24-30(36(33-39)20-19-25-11-4-2-5-12-25)22-28-17-10-16-27-15-8-9-18-31(27)28;/h2-18,29-30H,19-24H2,1H3;/q;+1/t29-,30-;/m0./s1. The summed E-state index contributed by atoms with van der Waals surface area (Å²) in [5.74, 6) is 0. The minimum absolute atomic E-state index is 0. The molecule has 0 unspecified atom stereocenters. The number of nitrogens with zero attached hydrogens (tertiary/aromatic N) is 6. The van der Waals surface area contributed by atoms with Crippen LogP contribution >= 0.6 is 0 Å². The third-order valence-corrected chi connectivity index (χ3v) is 7.19. The van der Waals surface area contributed by atoms with Crippen molar-refractivity contribution in [3.8, 4) is 0 Å². The van der Waals surface area contributed by atoms with Crippen molar-refractivity contribution in [3.63, 3.8) is 0 Å². The smallest absolute Gasteiger partial charge is 0.262 e. The van der Waals surface area contributed by atoms with Crippen LogP contribution in [0.15, 0.2) is 119 Å². The third kappa shape index (κ3) is 9.18. The summed E-state index contributed by atoms with van der Waals surface area (Å²) in [6.07, 6.45) is 1.58. The maximum atomic E-state index is 12.3. The van der Waals surface area contributed by atoms with E-state index in [4.69, 9.17) is 0 Å². The van der Waals surface area contributed by atoms with Crippen LogP contribution in [0.4, 0.5) is 0 Å². The minimum atomic E-state index is -0.447. The Labute approximate surface area is 262 Å². The summed E-state index contributed by atoms with van der Waals surface area (Å²) in [6.45, 7) is 0.732. The van der Waals surface area contributed by atoms with Gasteiger partial charge < -0.3 is 0 Å². The molecule has 10 heteroatoms. The number of benzene rings is 4. The van der Waals surface area contributed by atoms with Gasteiger partial charge in [-0.15, -0.1) is 14.7 Å². The molecule has 0 aliphatic heterocycles. The average molecular weight is 562 g/mol. The number of fused-ring (bicyclic) bond motifs is 1. The summed E-state index contributed by atoms with van der Waals surface area (Å²) >= 11 is 0. The maximum Gasteiger partial charge on any atom is 1.00 e. The van der Waals surface area contributed by atoms with Gasteiger partial charge in [0.05, 0.1) is 41.0 Å². The van der Waals surface area contributed by atoms with Gasteiger partial charge in [-0.05, 0) is 46.7 Å². The Bertz CT molecular complexity index is 1370. The number of hydrogen-bond acceptors (Lipinski definition) is 6. The fourth-order valence-electron chi connectivity index (χ4n) is 5.12. The largest absolute Gasteiger partial charge is 1.00 e. The molecule has 0 saturated carbocycles. The van der Waals surface area contributed by atoms with Gasteiger partial charge >= 0.3 is 29.6 Å². The van der Waals surface area contributed by atoms with E-state index < -0.39 is 12.1 Å². The summed E-state index contributed by atoms with van der Waals surface area (Å²) < 4.78 is 0. The van der Waals surface area contributed by atoms with Crippen molar-refractivity contribution in [3.05, 3.63) is 135 Å². The predicted molar refractivity (Wildman–Crippen MR) is 159 cm³/mol. The van der Waals surface area contributed by atoms with Crippen LogP contribution in [0.1, 0.15) is 16.7 Å². The monoisotopic (exact) mass is 561 g/mol. The molecular weight excluding hydrogens is 527 g/mol. The Morgan fingerprint density at radius 3 is 1.85 bits per heavy atom. The number of hydrogen-bond donors (Lipinski definition) is 0. The van der Waals surface area contributed by atoms with Gasteiger partial charge in [0.1, 0.15) is 0 Å². The van der Waals surface area contributed by atoms with Crippen molar-refractivity contribution >= 4 is 10.8 Å². The van der Waals surface area contributed by atoms with Crippen LogP contribution in [0.3, 0.4) is 0 Å². The first-order valence-corrected chi connectivity index (χ1v) is 13.4. The molecule has 41 heavy (non-hydrogen) atoms. The van der Waals surface area contributed by atoms with Gasteiger partial charge in [0.2, 0.25) is 0 Å². The van der Waals surface area contributed by atoms with Gasteiger partial charge in [-0.2, -0.15) is 0 Å². The molecule has 4 aromatic rings. The van der Waals surface area contributed by atoms with Gasteiger partial charge in [0.25, 0.3) is 0 Å². The third-order valence-electron chi connectivity index (χ3n) is 7.19.